The Hall–Kier alpha value is -1.71. The largest absolute Gasteiger partial charge is 0.419 e. The van der Waals surface area contributed by atoms with Crippen molar-refractivity contribution in [2.75, 3.05) is 5.32 Å². The lowest BCUT2D eigenvalue weighted by Gasteiger charge is -2.15. The number of hydrogen-bond acceptors (Lipinski definition) is 3. The van der Waals surface area contributed by atoms with Gasteiger partial charge in [-0.3, -0.25) is 4.57 Å². The predicted molar refractivity (Wildman–Crippen MR) is 74.3 cm³/mol. The summed E-state index contributed by atoms with van der Waals surface area (Å²) in [5, 5.41) is 3.57. The minimum Gasteiger partial charge on any atom is -0.408 e. The van der Waals surface area contributed by atoms with Crippen LogP contribution < -0.4 is 11.1 Å². The van der Waals surface area contributed by atoms with Crippen LogP contribution in [0.1, 0.15) is 26.2 Å². The number of nitrogens with zero attached hydrogens (tertiary/aromatic N) is 1. The standard InChI is InChI=1S/C15H18N2O2/c1-9(11-8-15(11)5-6-15)16-10-3-4-13-12(7-10)17(2)14(18)19-13/h3-4,7,9,11,16H,5-6,8H2,1-2H3. The van der Waals surface area contributed by atoms with E-state index in [9.17, 15) is 4.79 Å². The van der Waals surface area contributed by atoms with Crippen LogP contribution in [0.2, 0.25) is 0 Å². The highest BCUT2D eigenvalue weighted by molar-refractivity contribution is 5.77. The summed E-state index contributed by atoms with van der Waals surface area (Å²) in [7, 11) is 1.74. The first-order valence-corrected chi connectivity index (χ1v) is 6.95. The fourth-order valence-corrected chi connectivity index (χ4v) is 3.40. The summed E-state index contributed by atoms with van der Waals surface area (Å²) in [6, 6.07) is 6.36. The van der Waals surface area contributed by atoms with Gasteiger partial charge in [-0.15, -0.1) is 0 Å². The smallest absolute Gasteiger partial charge is 0.408 e. The SMILES string of the molecule is CC(Nc1ccc2oc(=O)n(C)c2c1)C1CC12CC2. The second-order valence-corrected chi connectivity index (χ2v) is 6.22. The number of rotatable bonds is 3. The highest BCUT2D eigenvalue weighted by atomic mass is 16.4. The lowest BCUT2D eigenvalue weighted by molar-refractivity contribution is 0.528. The van der Waals surface area contributed by atoms with Gasteiger partial charge < -0.3 is 9.73 Å². The normalized spacial score (nSPS) is 24.6. The zero-order valence-electron chi connectivity index (χ0n) is 11.3. The number of nitrogens with one attached hydrogen (secondary N) is 1. The third-order valence-electron chi connectivity index (χ3n) is 4.93. The van der Waals surface area contributed by atoms with Gasteiger partial charge in [0.15, 0.2) is 5.58 Å². The molecule has 0 saturated heterocycles. The van der Waals surface area contributed by atoms with E-state index in [1.165, 1.54) is 19.3 Å². The third-order valence-corrected chi connectivity index (χ3v) is 4.93. The molecule has 19 heavy (non-hydrogen) atoms. The van der Waals surface area contributed by atoms with Gasteiger partial charge in [-0.1, -0.05) is 0 Å². The van der Waals surface area contributed by atoms with Crippen LogP contribution in [0.15, 0.2) is 27.4 Å². The van der Waals surface area contributed by atoms with Crippen LogP contribution >= 0.6 is 0 Å². The lowest BCUT2D eigenvalue weighted by atomic mass is 10.1. The number of hydrogen-bond donors (Lipinski definition) is 1. The molecule has 1 aromatic carbocycles. The summed E-state index contributed by atoms with van der Waals surface area (Å²) >= 11 is 0. The van der Waals surface area contributed by atoms with Crippen LogP contribution in [0, 0.1) is 11.3 Å². The zero-order valence-corrected chi connectivity index (χ0v) is 11.3. The minimum atomic E-state index is -0.306. The fourth-order valence-electron chi connectivity index (χ4n) is 3.40. The first-order chi connectivity index (χ1) is 9.09. The van der Waals surface area contributed by atoms with Gasteiger partial charge in [0.25, 0.3) is 0 Å². The Kier molecular flexibility index (Phi) is 2.02. The number of benzene rings is 1. The van der Waals surface area contributed by atoms with E-state index >= 15 is 0 Å². The Bertz CT molecular complexity index is 708. The molecule has 2 aromatic rings. The lowest BCUT2D eigenvalue weighted by Crippen LogP contribution is -2.18. The Labute approximate surface area is 111 Å². The molecule has 100 valence electrons. The van der Waals surface area contributed by atoms with Gasteiger partial charge in [0.05, 0.1) is 5.52 Å². The summed E-state index contributed by atoms with van der Waals surface area (Å²) in [6.45, 7) is 2.26. The van der Waals surface area contributed by atoms with Crippen molar-refractivity contribution in [3.8, 4) is 0 Å². The second kappa shape index (κ2) is 3.44. The third kappa shape index (κ3) is 1.62. The Balaban J connectivity index is 1.60. The first kappa shape index (κ1) is 11.1. The average molecular weight is 258 g/mol. The average Bonchev–Trinajstić information content (AvgIpc) is 3.29. The molecule has 2 fully saturated rings. The molecule has 2 saturated carbocycles. The maximum absolute atomic E-state index is 11.5. The molecule has 0 bridgehead atoms. The van der Waals surface area contributed by atoms with Crippen molar-refractivity contribution in [2.45, 2.75) is 32.2 Å². The summed E-state index contributed by atoms with van der Waals surface area (Å²) in [5.74, 6) is 0.524. The van der Waals surface area contributed by atoms with Crippen LogP contribution in [0.5, 0.6) is 0 Å². The molecule has 4 nitrogen and oxygen atoms in total. The van der Waals surface area contributed by atoms with Crippen molar-refractivity contribution < 1.29 is 4.42 Å². The summed E-state index contributed by atoms with van der Waals surface area (Å²) < 4.78 is 6.69. The molecular formula is C15H18N2O2. The number of aromatic nitrogens is 1. The van der Waals surface area contributed by atoms with E-state index in [0.29, 0.717) is 17.0 Å². The molecule has 2 aliphatic rings. The maximum Gasteiger partial charge on any atom is 0.419 e. The summed E-state index contributed by atoms with van der Waals surface area (Å²) in [5.41, 5.74) is 3.27. The van der Waals surface area contributed by atoms with Gasteiger partial charge in [-0.2, -0.15) is 0 Å². The topological polar surface area (TPSA) is 47.2 Å². The molecule has 0 amide bonds. The van der Waals surface area contributed by atoms with Gasteiger partial charge in [-0.05, 0) is 55.7 Å². The van der Waals surface area contributed by atoms with Crippen LogP contribution in [0.3, 0.4) is 0 Å². The van der Waals surface area contributed by atoms with Crippen molar-refractivity contribution in [1.82, 2.24) is 4.57 Å². The van der Waals surface area contributed by atoms with Crippen molar-refractivity contribution in [3.05, 3.63) is 28.7 Å². The molecular weight excluding hydrogens is 240 g/mol. The number of anilines is 1. The van der Waals surface area contributed by atoms with Crippen molar-refractivity contribution in [3.63, 3.8) is 0 Å². The highest BCUT2D eigenvalue weighted by Crippen LogP contribution is 2.71. The van der Waals surface area contributed by atoms with Crippen molar-refractivity contribution in [1.29, 1.82) is 0 Å². The molecule has 1 spiro atoms. The maximum atomic E-state index is 11.5. The molecule has 1 N–H and O–H groups in total. The van der Waals surface area contributed by atoms with Gasteiger partial charge in [-0.25, -0.2) is 4.79 Å². The molecule has 4 rings (SSSR count). The van der Waals surface area contributed by atoms with Gasteiger partial charge in [0.2, 0.25) is 0 Å². The fraction of sp³-hybridized carbons (Fsp3) is 0.533. The van der Waals surface area contributed by atoms with E-state index in [1.54, 1.807) is 11.6 Å². The molecule has 0 radical (unpaired) electrons. The molecule has 1 aromatic heterocycles. The molecule has 2 aliphatic carbocycles. The monoisotopic (exact) mass is 258 g/mol. The summed E-state index contributed by atoms with van der Waals surface area (Å²) in [4.78, 5) is 11.5. The molecule has 1 heterocycles. The first-order valence-electron chi connectivity index (χ1n) is 6.95. The van der Waals surface area contributed by atoms with Crippen molar-refractivity contribution in [2.24, 2.45) is 18.4 Å². The number of oxazole rings is 1. The van der Waals surface area contributed by atoms with E-state index in [4.69, 9.17) is 4.42 Å². The predicted octanol–water partition coefficient (Wildman–Crippen LogP) is 2.73. The summed E-state index contributed by atoms with van der Waals surface area (Å²) in [6.07, 6.45) is 4.21. The Morgan fingerprint density at radius 3 is 2.95 bits per heavy atom. The van der Waals surface area contributed by atoms with E-state index in [-0.39, 0.29) is 5.76 Å². The molecule has 4 heteroatoms. The second-order valence-electron chi connectivity index (χ2n) is 6.22. The Morgan fingerprint density at radius 2 is 2.26 bits per heavy atom. The van der Waals surface area contributed by atoms with E-state index in [1.807, 2.05) is 18.2 Å². The van der Waals surface area contributed by atoms with E-state index in [0.717, 1.165) is 17.1 Å². The quantitative estimate of drug-likeness (QED) is 0.920. The Morgan fingerprint density at radius 1 is 1.47 bits per heavy atom. The van der Waals surface area contributed by atoms with Crippen LogP contribution in [0.25, 0.3) is 11.1 Å². The van der Waals surface area contributed by atoms with Crippen LogP contribution in [-0.4, -0.2) is 10.6 Å². The molecule has 2 atom stereocenters. The van der Waals surface area contributed by atoms with Crippen molar-refractivity contribution >= 4 is 16.8 Å². The highest BCUT2D eigenvalue weighted by Gasteiger charge is 2.64. The number of aryl methyl sites for hydroxylation is 1. The van der Waals surface area contributed by atoms with Crippen LogP contribution in [0.4, 0.5) is 5.69 Å². The van der Waals surface area contributed by atoms with Gasteiger partial charge >= 0.3 is 5.76 Å². The number of fused-ring (bicyclic) bond motifs is 1. The molecule has 0 aliphatic heterocycles. The van der Waals surface area contributed by atoms with Crippen LogP contribution in [-0.2, 0) is 7.05 Å². The minimum absolute atomic E-state index is 0.306. The van der Waals surface area contributed by atoms with E-state index in [2.05, 4.69) is 12.2 Å². The van der Waals surface area contributed by atoms with E-state index < -0.39 is 0 Å². The van der Waals surface area contributed by atoms with Gasteiger partial charge in [0, 0.05) is 18.8 Å². The van der Waals surface area contributed by atoms with Gasteiger partial charge in [0.1, 0.15) is 0 Å². The zero-order chi connectivity index (χ0) is 13.2. The molecule has 2 unspecified atom stereocenters.